The highest BCUT2D eigenvalue weighted by Gasteiger charge is 2.30. The van der Waals surface area contributed by atoms with E-state index in [1.807, 2.05) is 45.6 Å². The third-order valence-corrected chi connectivity index (χ3v) is 4.51. The first-order valence-electron chi connectivity index (χ1n) is 9.70. The Morgan fingerprint density at radius 2 is 2.15 bits per heavy atom. The van der Waals surface area contributed by atoms with Gasteiger partial charge in [-0.3, -0.25) is 0 Å². The number of urea groups is 1. The third kappa shape index (κ3) is 6.81. The molecule has 0 bridgehead atoms. The second-order valence-electron chi connectivity index (χ2n) is 8.42. The smallest absolute Gasteiger partial charge is 0.410 e. The molecule has 1 aromatic rings. The molecule has 0 radical (unpaired) electrons. The van der Waals surface area contributed by atoms with Gasteiger partial charge in [0.05, 0.1) is 12.8 Å². The summed E-state index contributed by atoms with van der Waals surface area (Å²) >= 11 is 0. The Morgan fingerprint density at radius 3 is 2.74 bits per heavy atom. The van der Waals surface area contributed by atoms with E-state index in [1.165, 1.54) is 0 Å². The van der Waals surface area contributed by atoms with Gasteiger partial charge < -0.3 is 24.3 Å². The summed E-state index contributed by atoms with van der Waals surface area (Å²) in [5.41, 5.74) is -0.519. The molecule has 1 aliphatic heterocycles. The van der Waals surface area contributed by atoms with E-state index in [-0.39, 0.29) is 24.1 Å². The SMILES string of the molecule is CC(C)N(C[C@H]1CCCN(C(=O)NCc2ccco2)C1)C(=O)OC(C)(C)C. The summed E-state index contributed by atoms with van der Waals surface area (Å²) < 4.78 is 10.8. The minimum atomic E-state index is -0.519. The second-order valence-corrected chi connectivity index (χ2v) is 8.42. The predicted octanol–water partition coefficient (Wildman–Crippen LogP) is 3.85. The summed E-state index contributed by atoms with van der Waals surface area (Å²) in [5.74, 6) is 0.968. The Kier molecular flexibility index (Phi) is 7.16. The fourth-order valence-corrected chi connectivity index (χ4v) is 3.18. The molecular weight excluding hydrogens is 346 g/mol. The molecule has 1 saturated heterocycles. The Morgan fingerprint density at radius 1 is 1.41 bits per heavy atom. The summed E-state index contributed by atoms with van der Waals surface area (Å²) in [4.78, 5) is 28.6. The first-order chi connectivity index (χ1) is 12.7. The van der Waals surface area contributed by atoms with Crippen molar-refractivity contribution in [3.63, 3.8) is 0 Å². The topological polar surface area (TPSA) is 75.0 Å². The molecule has 27 heavy (non-hydrogen) atoms. The summed E-state index contributed by atoms with van der Waals surface area (Å²) in [6, 6.07) is 3.59. The first kappa shape index (κ1) is 21.1. The highest BCUT2D eigenvalue weighted by Crippen LogP contribution is 2.21. The van der Waals surface area contributed by atoms with Gasteiger partial charge in [0.25, 0.3) is 0 Å². The zero-order valence-corrected chi connectivity index (χ0v) is 17.2. The van der Waals surface area contributed by atoms with Crippen LogP contribution in [0.4, 0.5) is 9.59 Å². The molecule has 7 nitrogen and oxygen atoms in total. The first-order valence-corrected chi connectivity index (χ1v) is 9.70. The zero-order chi connectivity index (χ0) is 20.0. The van der Waals surface area contributed by atoms with E-state index in [4.69, 9.17) is 9.15 Å². The summed E-state index contributed by atoms with van der Waals surface area (Å²) in [7, 11) is 0. The molecule has 1 fully saturated rings. The van der Waals surface area contributed by atoms with E-state index >= 15 is 0 Å². The van der Waals surface area contributed by atoms with E-state index < -0.39 is 5.60 Å². The number of carbonyl (C=O) groups is 2. The predicted molar refractivity (Wildman–Crippen MR) is 103 cm³/mol. The molecule has 1 aromatic heterocycles. The van der Waals surface area contributed by atoms with Crippen LogP contribution in [-0.2, 0) is 11.3 Å². The van der Waals surface area contributed by atoms with E-state index in [2.05, 4.69) is 5.32 Å². The Hall–Kier alpha value is -2.18. The van der Waals surface area contributed by atoms with Crippen LogP contribution in [0, 0.1) is 5.92 Å². The number of furan rings is 1. The molecule has 2 heterocycles. The molecule has 7 heteroatoms. The number of carbonyl (C=O) groups excluding carboxylic acids is 2. The second kappa shape index (κ2) is 9.15. The standard InChI is InChI=1S/C20H33N3O4/c1-15(2)23(19(25)27-20(3,4)5)14-16-8-6-10-22(13-16)18(24)21-12-17-9-7-11-26-17/h7,9,11,15-16H,6,8,10,12-14H2,1-5H3,(H,21,24)/t16-/m0/s1. The maximum atomic E-state index is 12.5. The van der Waals surface area contributed by atoms with Crippen molar-refractivity contribution in [2.24, 2.45) is 5.92 Å². The van der Waals surface area contributed by atoms with Crippen molar-refractivity contribution in [2.45, 2.75) is 65.6 Å². The van der Waals surface area contributed by atoms with Gasteiger partial charge in [0.15, 0.2) is 0 Å². The average molecular weight is 380 g/mol. The lowest BCUT2D eigenvalue weighted by molar-refractivity contribution is 0.0131. The molecule has 1 atom stereocenters. The normalized spacial score (nSPS) is 17.7. The maximum Gasteiger partial charge on any atom is 0.410 e. The van der Waals surface area contributed by atoms with Crippen LogP contribution in [0.2, 0.25) is 0 Å². The number of hydrogen-bond donors (Lipinski definition) is 1. The molecule has 3 amide bonds. The summed E-state index contributed by atoms with van der Waals surface area (Å²) in [5, 5.41) is 2.89. The van der Waals surface area contributed by atoms with Gasteiger partial charge >= 0.3 is 12.1 Å². The highest BCUT2D eigenvalue weighted by atomic mass is 16.6. The lowest BCUT2D eigenvalue weighted by Crippen LogP contribution is -2.50. The molecular formula is C20H33N3O4. The number of rotatable bonds is 5. The van der Waals surface area contributed by atoms with Gasteiger partial charge in [-0.05, 0) is 65.5 Å². The Bertz CT molecular complexity index is 607. The van der Waals surface area contributed by atoms with Crippen LogP contribution in [0.3, 0.4) is 0 Å². The monoisotopic (exact) mass is 379 g/mol. The van der Waals surface area contributed by atoms with Crippen LogP contribution in [0.1, 0.15) is 53.2 Å². The minimum absolute atomic E-state index is 0.0444. The summed E-state index contributed by atoms with van der Waals surface area (Å²) in [6.45, 7) is 11.9. The Labute approximate surface area is 162 Å². The van der Waals surface area contributed by atoms with Gasteiger partial charge in [0.1, 0.15) is 11.4 Å². The number of ether oxygens (including phenoxy) is 1. The molecule has 1 aliphatic rings. The van der Waals surface area contributed by atoms with Crippen molar-refractivity contribution < 1.29 is 18.7 Å². The largest absolute Gasteiger partial charge is 0.467 e. The van der Waals surface area contributed by atoms with Gasteiger partial charge in [0, 0.05) is 25.7 Å². The number of nitrogens with one attached hydrogen (secondary N) is 1. The van der Waals surface area contributed by atoms with Crippen LogP contribution in [0.15, 0.2) is 22.8 Å². The van der Waals surface area contributed by atoms with E-state index in [0.29, 0.717) is 19.6 Å². The van der Waals surface area contributed by atoms with Crippen molar-refractivity contribution in [1.82, 2.24) is 15.1 Å². The lowest BCUT2D eigenvalue weighted by atomic mass is 9.97. The van der Waals surface area contributed by atoms with Crippen LogP contribution in [-0.4, -0.2) is 53.2 Å². The zero-order valence-electron chi connectivity index (χ0n) is 17.2. The molecule has 0 aromatic carbocycles. The van der Waals surface area contributed by atoms with Crippen molar-refractivity contribution in [3.8, 4) is 0 Å². The van der Waals surface area contributed by atoms with Crippen LogP contribution >= 0.6 is 0 Å². The molecule has 0 unspecified atom stereocenters. The minimum Gasteiger partial charge on any atom is -0.467 e. The van der Waals surface area contributed by atoms with Gasteiger partial charge in [-0.25, -0.2) is 9.59 Å². The molecule has 2 rings (SSSR count). The maximum absolute atomic E-state index is 12.5. The number of piperidine rings is 1. The van der Waals surface area contributed by atoms with Crippen LogP contribution in [0.25, 0.3) is 0 Å². The van der Waals surface area contributed by atoms with Gasteiger partial charge in [0.2, 0.25) is 0 Å². The van der Waals surface area contributed by atoms with Gasteiger partial charge in [-0.15, -0.1) is 0 Å². The fourth-order valence-electron chi connectivity index (χ4n) is 3.18. The molecule has 152 valence electrons. The Balaban J connectivity index is 1.89. The van der Waals surface area contributed by atoms with Crippen LogP contribution < -0.4 is 5.32 Å². The quantitative estimate of drug-likeness (QED) is 0.843. The average Bonchev–Trinajstić information content (AvgIpc) is 3.09. The molecule has 0 spiro atoms. The fraction of sp³-hybridized carbons (Fsp3) is 0.700. The number of nitrogens with zero attached hydrogens (tertiary/aromatic N) is 2. The summed E-state index contributed by atoms with van der Waals surface area (Å²) in [6.07, 6.45) is 3.22. The third-order valence-electron chi connectivity index (χ3n) is 4.51. The number of likely N-dealkylation sites (tertiary alicyclic amines) is 1. The van der Waals surface area contributed by atoms with E-state index in [0.717, 1.165) is 25.1 Å². The van der Waals surface area contributed by atoms with Crippen molar-refractivity contribution >= 4 is 12.1 Å². The number of amides is 3. The van der Waals surface area contributed by atoms with Crippen LogP contribution in [0.5, 0.6) is 0 Å². The van der Waals surface area contributed by atoms with Gasteiger partial charge in [-0.1, -0.05) is 0 Å². The number of hydrogen-bond acceptors (Lipinski definition) is 4. The lowest BCUT2D eigenvalue weighted by Gasteiger charge is -2.37. The molecule has 0 saturated carbocycles. The van der Waals surface area contributed by atoms with Crippen molar-refractivity contribution in [3.05, 3.63) is 24.2 Å². The van der Waals surface area contributed by atoms with E-state index in [9.17, 15) is 9.59 Å². The molecule has 1 N–H and O–H groups in total. The van der Waals surface area contributed by atoms with Crippen molar-refractivity contribution in [2.75, 3.05) is 19.6 Å². The molecule has 0 aliphatic carbocycles. The van der Waals surface area contributed by atoms with Gasteiger partial charge in [-0.2, -0.15) is 0 Å². The van der Waals surface area contributed by atoms with E-state index in [1.54, 1.807) is 17.2 Å². The van der Waals surface area contributed by atoms with Crippen molar-refractivity contribution in [1.29, 1.82) is 0 Å². The highest BCUT2D eigenvalue weighted by molar-refractivity contribution is 5.74.